The molecule has 0 spiro atoms. The highest BCUT2D eigenvalue weighted by molar-refractivity contribution is 5.43. The Hall–Kier alpha value is -1.22. The van der Waals surface area contributed by atoms with Crippen LogP contribution in [-0.4, -0.2) is 19.8 Å². The molecule has 2 N–H and O–H groups in total. The summed E-state index contributed by atoms with van der Waals surface area (Å²) in [5.41, 5.74) is 7.28. The molecular weight excluding hydrogens is 250 g/mol. The fourth-order valence-electron chi connectivity index (χ4n) is 2.16. The molecule has 0 radical (unpaired) electrons. The van der Waals surface area contributed by atoms with Crippen LogP contribution in [0.2, 0.25) is 0 Å². The van der Waals surface area contributed by atoms with Gasteiger partial charge >= 0.3 is 0 Å². The average Bonchev–Trinajstić information content (AvgIpc) is 2.49. The lowest BCUT2D eigenvalue weighted by molar-refractivity contribution is 0.294. The average molecular weight is 279 g/mol. The zero-order valence-electron chi connectivity index (χ0n) is 13.3. The SMILES string of the molecule is CCCOc1ccc(C(C)CCC(N)CC)cc1OC. The van der Waals surface area contributed by atoms with Crippen molar-refractivity contribution in [1.82, 2.24) is 0 Å². The van der Waals surface area contributed by atoms with Gasteiger partial charge in [0.15, 0.2) is 11.5 Å². The van der Waals surface area contributed by atoms with E-state index in [9.17, 15) is 0 Å². The third-order valence-corrected chi connectivity index (χ3v) is 3.71. The Balaban J connectivity index is 2.70. The second-order valence-corrected chi connectivity index (χ2v) is 5.41. The van der Waals surface area contributed by atoms with Crippen molar-refractivity contribution in [2.45, 2.75) is 58.4 Å². The summed E-state index contributed by atoms with van der Waals surface area (Å²) in [6, 6.07) is 6.55. The molecule has 0 aromatic heterocycles. The number of hydrogen-bond acceptors (Lipinski definition) is 3. The van der Waals surface area contributed by atoms with Crippen LogP contribution in [0.15, 0.2) is 18.2 Å². The van der Waals surface area contributed by atoms with Gasteiger partial charge in [0.25, 0.3) is 0 Å². The van der Waals surface area contributed by atoms with Gasteiger partial charge in [-0.25, -0.2) is 0 Å². The van der Waals surface area contributed by atoms with Crippen LogP contribution in [-0.2, 0) is 0 Å². The first-order valence-electron chi connectivity index (χ1n) is 7.68. The first kappa shape index (κ1) is 16.8. The Morgan fingerprint density at radius 1 is 1.15 bits per heavy atom. The van der Waals surface area contributed by atoms with Gasteiger partial charge in [0.1, 0.15) is 0 Å². The largest absolute Gasteiger partial charge is 0.493 e. The molecule has 0 amide bonds. The predicted octanol–water partition coefficient (Wildman–Crippen LogP) is 4.11. The van der Waals surface area contributed by atoms with Crippen molar-refractivity contribution >= 4 is 0 Å². The van der Waals surface area contributed by atoms with E-state index in [2.05, 4.69) is 32.9 Å². The second kappa shape index (κ2) is 8.85. The molecule has 3 nitrogen and oxygen atoms in total. The van der Waals surface area contributed by atoms with Crippen LogP contribution in [0.4, 0.5) is 0 Å². The lowest BCUT2D eigenvalue weighted by Crippen LogP contribution is -2.18. The minimum Gasteiger partial charge on any atom is -0.493 e. The number of benzene rings is 1. The van der Waals surface area contributed by atoms with Crippen LogP contribution in [0.5, 0.6) is 11.5 Å². The lowest BCUT2D eigenvalue weighted by Gasteiger charge is -2.17. The van der Waals surface area contributed by atoms with E-state index in [1.54, 1.807) is 7.11 Å². The Bertz CT molecular complexity index is 393. The molecule has 3 heteroatoms. The predicted molar refractivity (Wildman–Crippen MR) is 84.7 cm³/mol. The minimum atomic E-state index is 0.312. The highest BCUT2D eigenvalue weighted by atomic mass is 16.5. The van der Waals surface area contributed by atoms with Gasteiger partial charge in [0.2, 0.25) is 0 Å². The number of nitrogens with two attached hydrogens (primary N) is 1. The van der Waals surface area contributed by atoms with Crippen molar-refractivity contribution in [2.24, 2.45) is 5.73 Å². The summed E-state index contributed by atoms with van der Waals surface area (Å²) < 4.78 is 11.1. The van der Waals surface area contributed by atoms with E-state index in [0.29, 0.717) is 12.0 Å². The number of hydrogen-bond donors (Lipinski definition) is 1. The third kappa shape index (κ3) is 5.04. The summed E-state index contributed by atoms with van der Waals surface area (Å²) in [5.74, 6) is 2.14. The molecule has 1 rings (SSSR count). The van der Waals surface area contributed by atoms with Crippen LogP contribution in [0.1, 0.15) is 57.9 Å². The van der Waals surface area contributed by atoms with Crippen molar-refractivity contribution < 1.29 is 9.47 Å². The molecule has 2 unspecified atom stereocenters. The zero-order valence-corrected chi connectivity index (χ0v) is 13.3. The summed E-state index contributed by atoms with van der Waals surface area (Å²) >= 11 is 0. The molecule has 0 aliphatic heterocycles. The Kier molecular flexibility index (Phi) is 7.45. The van der Waals surface area contributed by atoms with Gasteiger partial charge in [0.05, 0.1) is 13.7 Å². The third-order valence-electron chi connectivity index (χ3n) is 3.71. The van der Waals surface area contributed by atoms with Crippen LogP contribution >= 0.6 is 0 Å². The Morgan fingerprint density at radius 3 is 2.50 bits per heavy atom. The van der Waals surface area contributed by atoms with Gasteiger partial charge in [-0.3, -0.25) is 0 Å². The summed E-state index contributed by atoms with van der Waals surface area (Å²) in [7, 11) is 1.69. The fourth-order valence-corrected chi connectivity index (χ4v) is 2.16. The topological polar surface area (TPSA) is 44.5 Å². The summed E-state index contributed by atoms with van der Waals surface area (Å²) in [5, 5.41) is 0. The van der Waals surface area contributed by atoms with Crippen molar-refractivity contribution in [3.8, 4) is 11.5 Å². The lowest BCUT2D eigenvalue weighted by atomic mass is 9.93. The molecule has 114 valence electrons. The van der Waals surface area contributed by atoms with E-state index in [4.69, 9.17) is 15.2 Å². The van der Waals surface area contributed by atoms with Crippen LogP contribution in [0.25, 0.3) is 0 Å². The number of methoxy groups -OCH3 is 1. The van der Waals surface area contributed by atoms with E-state index in [0.717, 1.165) is 43.8 Å². The molecule has 0 fully saturated rings. The standard InChI is InChI=1S/C17H29NO2/c1-5-11-20-16-10-8-14(12-17(16)19-4)13(3)7-9-15(18)6-2/h8,10,12-13,15H,5-7,9,11,18H2,1-4H3. The second-order valence-electron chi connectivity index (χ2n) is 5.41. The van der Waals surface area contributed by atoms with Gasteiger partial charge in [-0.15, -0.1) is 0 Å². The van der Waals surface area contributed by atoms with E-state index in [1.807, 2.05) is 6.07 Å². The summed E-state index contributed by atoms with van der Waals surface area (Å²) in [6.07, 6.45) is 4.21. The molecule has 0 saturated carbocycles. The van der Waals surface area contributed by atoms with Crippen LogP contribution < -0.4 is 15.2 Å². The molecule has 0 bridgehead atoms. The van der Waals surface area contributed by atoms with E-state index in [-0.39, 0.29) is 0 Å². The molecule has 1 aromatic carbocycles. The van der Waals surface area contributed by atoms with Crippen LogP contribution in [0, 0.1) is 0 Å². The molecule has 0 aliphatic carbocycles. The number of ether oxygens (including phenoxy) is 2. The smallest absolute Gasteiger partial charge is 0.161 e. The Morgan fingerprint density at radius 2 is 1.90 bits per heavy atom. The highest BCUT2D eigenvalue weighted by Crippen LogP contribution is 2.32. The normalized spacial score (nSPS) is 13.8. The first-order chi connectivity index (χ1) is 9.62. The van der Waals surface area contributed by atoms with Crippen molar-refractivity contribution in [3.63, 3.8) is 0 Å². The molecule has 0 saturated heterocycles. The molecule has 1 aromatic rings. The number of rotatable bonds is 9. The molecule has 20 heavy (non-hydrogen) atoms. The Labute approximate surface area is 123 Å². The van der Waals surface area contributed by atoms with Crippen molar-refractivity contribution in [3.05, 3.63) is 23.8 Å². The van der Waals surface area contributed by atoms with Gasteiger partial charge in [-0.1, -0.05) is 26.8 Å². The maximum absolute atomic E-state index is 5.99. The quantitative estimate of drug-likeness (QED) is 0.740. The van der Waals surface area contributed by atoms with E-state index in [1.165, 1.54) is 5.56 Å². The molecule has 0 heterocycles. The van der Waals surface area contributed by atoms with Crippen LogP contribution in [0.3, 0.4) is 0 Å². The van der Waals surface area contributed by atoms with E-state index < -0.39 is 0 Å². The fraction of sp³-hybridized carbons (Fsp3) is 0.647. The maximum Gasteiger partial charge on any atom is 0.161 e. The highest BCUT2D eigenvalue weighted by Gasteiger charge is 2.12. The van der Waals surface area contributed by atoms with Crippen molar-refractivity contribution in [2.75, 3.05) is 13.7 Å². The summed E-state index contributed by atoms with van der Waals surface area (Å²) in [4.78, 5) is 0. The maximum atomic E-state index is 5.99. The van der Waals surface area contributed by atoms with E-state index >= 15 is 0 Å². The first-order valence-corrected chi connectivity index (χ1v) is 7.68. The van der Waals surface area contributed by atoms with Gasteiger partial charge < -0.3 is 15.2 Å². The zero-order chi connectivity index (χ0) is 15.0. The van der Waals surface area contributed by atoms with Gasteiger partial charge in [0, 0.05) is 6.04 Å². The van der Waals surface area contributed by atoms with Gasteiger partial charge in [-0.05, 0) is 49.3 Å². The molecular formula is C17H29NO2. The minimum absolute atomic E-state index is 0.312. The molecule has 2 atom stereocenters. The molecule has 0 aliphatic rings. The van der Waals surface area contributed by atoms with Gasteiger partial charge in [-0.2, -0.15) is 0 Å². The monoisotopic (exact) mass is 279 g/mol. The summed E-state index contributed by atoms with van der Waals surface area (Å²) in [6.45, 7) is 7.19. The van der Waals surface area contributed by atoms with Crippen molar-refractivity contribution in [1.29, 1.82) is 0 Å².